The molecule has 124 valence electrons. The molecule has 22 heavy (non-hydrogen) atoms. The van der Waals surface area contributed by atoms with E-state index in [4.69, 9.17) is 0 Å². The Morgan fingerprint density at radius 3 is 2.59 bits per heavy atom. The molecule has 0 spiro atoms. The Bertz CT molecular complexity index is 471. The van der Waals surface area contributed by atoms with Crippen molar-refractivity contribution in [3.05, 3.63) is 23.9 Å². The Balaban J connectivity index is 2.81. The van der Waals surface area contributed by atoms with Crippen molar-refractivity contribution in [3.63, 3.8) is 0 Å². The summed E-state index contributed by atoms with van der Waals surface area (Å²) in [7, 11) is 0. The number of hydrogen-bond donors (Lipinski definition) is 3. The summed E-state index contributed by atoms with van der Waals surface area (Å²) in [4.78, 5) is 16.7. The fourth-order valence-corrected chi connectivity index (χ4v) is 2.52. The first-order chi connectivity index (χ1) is 10.5. The third-order valence-electron chi connectivity index (χ3n) is 4.24. The minimum atomic E-state index is -0.125. The minimum Gasteiger partial charge on any atom is -0.396 e. The van der Waals surface area contributed by atoms with Gasteiger partial charge in [-0.05, 0) is 50.7 Å². The zero-order valence-electron chi connectivity index (χ0n) is 14.1. The molecular formula is C17H29N3O2. The molecule has 0 aliphatic rings. The molecule has 0 atom stereocenters. The number of carbonyl (C=O) groups is 1. The highest BCUT2D eigenvalue weighted by Gasteiger charge is 2.26. The second-order valence-corrected chi connectivity index (χ2v) is 6.06. The quantitative estimate of drug-likeness (QED) is 0.656. The highest BCUT2D eigenvalue weighted by molar-refractivity contribution is 5.98. The molecule has 0 saturated carbocycles. The van der Waals surface area contributed by atoms with Crippen LogP contribution in [-0.4, -0.2) is 35.2 Å². The first-order valence-corrected chi connectivity index (χ1v) is 8.08. The maximum atomic E-state index is 12.5. The number of nitrogens with zero attached hydrogens (tertiary/aromatic N) is 1. The van der Waals surface area contributed by atoms with E-state index < -0.39 is 0 Å². The van der Waals surface area contributed by atoms with Gasteiger partial charge in [-0.25, -0.2) is 4.98 Å². The summed E-state index contributed by atoms with van der Waals surface area (Å²) in [5.74, 6) is 0.483. The summed E-state index contributed by atoms with van der Waals surface area (Å²) in [5, 5.41) is 15.5. The second-order valence-electron chi connectivity index (χ2n) is 6.06. The van der Waals surface area contributed by atoms with E-state index in [-0.39, 0.29) is 24.0 Å². The van der Waals surface area contributed by atoms with Crippen LogP contribution < -0.4 is 10.6 Å². The number of hydrogen-bond acceptors (Lipinski definition) is 4. The third-order valence-corrected chi connectivity index (χ3v) is 4.24. The highest BCUT2D eigenvalue weighted by atomic mass is 16.3. The fraction of sp³-hybridized carbons (Fsp3) is 0.647. The van der Waals surface area contributed by atoms with Gasteiger partial charge in [-0.1, -0.05) is 13.8 Å². The van der Waals surface area contributed by atoms with Gasteiger partial charge < -0.3 is 15.7 Å². The van der Waals surface area contributed by atoms with Gasteiger partial charge >= 0.3 is 0 Å². The monoisotopic (exact) mass is 307 g/mol. The molecule has 3 N–H and O–H groups in total. The van der Waals surface area contributed by atoms with E-state index in [2.05, 4.69) is 29.5 Å². The summed E-state index contributed by atoms with van der Waals surface area (Å²) in [6.07, 6.45) is 4.23. The lowest BCUT2D eigenvalue weighted by molar-refractivity contribution is 0.0908. The largest absolute Gasteiger partial charge is 0.396 e. The normalized spacial score (nSPS) is 11.5. The zero-order chi connectivity index (χ0) is 16.6. The lowest BCUT2D eigenvalue weighted by Crippen LogP contribution is -2.38. The molecule has 1 aromatic rings. The average Bonchev–Trinajstić information content (AvgIpc) is 2.51. The molecule has 0 bridgehead atoms. The van der Waals surface area contributed by atoms with E-state index in [9.17, 15) is 9.90 Å². The van der Waals surface area contributed by atoms with Crippen LogP contribution in [0, 0.1) is 5.41 Å². The molecule has 1 amide bonds. The molecule has 5 heteroatoms. The average molecular weight is 307 g/mol. The Kier molecular flexibility index (Phi) is 7.32. The van der Waals surface area contributed by atoms with Crippen LogP contribution in [0.2, 0.25) is 0 Å². The summed E-state index contributed by atoms with van der Waals surface area (Å²) in [6, 6.07) is 3.75. The number of carbonyl (C=O) groups excluding carboxylic acids is 1. The molecule has 0 fully saturated rings. The van der Waals surface area contributed by atoms with E-state index in [1.165, 1.54) is 0 Å². The molecule has 0 aliphatic carbocycles. The van der Waals surface area contributed by atoms with Crippen LogP contribution in [0.3, 0.4) is 0 Å². The molecule has 1 heterocycles. The van der Waals surface area contributed by atoms with Crippen molar-refractivity contribution in [3.8, 4) is 0 Å². The zero-order valence-corrected chi connectivity index (χ0v) is 14.1. The van der Waals surface area contributed by atoms with Crippen LogP contribution in [-0.2, 0) is 0 Å². The first-order valence-electron chi connectivity index (χ1n) is 8.08. The molecule has 0 saturated heterocycles. The fourth-order valence-electron chi connectivity index (χ4n) is 2.52. The van der Waals surface area contributed by atoms with Gasteiger partial charge in [0, 0.05) is 25.4 Å². The number of aliphatic hydroxyl groups excluding tert-OH is 1. The van der Waals surface area contributed by atoms with Crippen molar-refractivity contribution in [1.82, 2.24) is 10.3 Å². The number of pyridine rings is 1. The lowest BCUT2D eigenvalue weighted by atomic mass is 9.79. The van der Waals surface area contributed by atoms with Crippen molar-refractivity contribution in [1.29, 1.82) is 0 Å². The van der Waals surface area contributed by atoms with E-state index in [1.807, 2.05) is 13.8 Å². The van der Waals surface area contributed by atoms with E-state index in [0.29, 0.717) is 24.3 Å². The molecule has 0 aliphatic heterocycles. The number of anilines is 1. The van der Waals surface area contributed by atoms with Gasteiger partial charge in [-0.2, -0.15) is 0 Å². The van der Waals surface area contributed by atoms with E-state index >= 15 is 0 Å². The summed E-state index contributed by atoms with van der Waals surface area (Å²) >= 11 is 0. The van der Waals surface area contributed by atoms with Crippen molar-refractivity contribution in [2.45, 2.75) is 53.0 Å². The van der Waals surface area contributed by atoms with Crippen LogP contribution >= 0.6 is 0 Å². The number of aromatic nitrogens is 1. The van der Waals surface area contributed by atoms with Gasteiger partial charge in [-0.3, -0.25) is 4.79 Å². The molecule has 1 aromatic heterocycles. The van der Waals surface area contributed by atoms with Crippen LogP contribution in [0.25, 0.3) is 0 Å². The van der Waals surface area contributed by atoms with Gasteiger partial charge in [0.25, 0.3) is 5.91 Å². The SMILES string of the molecule is CCC(CC)(CCO)CNC(=O)c1cccnc1NC(C)C. The van der Waals surface area contributed by atoms with Crippen molar-refractivity contribution in [2.75, 3.05) is 18.5 Å². The van der Waals surface area contributed by atoms with E-state index in [0.717, 1.165) is 12.8 Å². The molecular weight excluding hydrogens is 278 g/mol. The second kappa shape index (κ2) is 8.73. The molecule has 0 radical (unpaired) electrons. The maximum Gasteiger partial charge on any atom is 0.255 e. The predicted molar refractivity (Wildman–Crippen MR) is 90.0 cm³/mol. The molecule has 5 nitrogen and oxygen atoms in total. The topological polar surface area (TPSA) is 74.2 Å². The van der Waals surface area contributed by atoms with Crippen LogP contribution in [0.4, 0.5) is 5.82 Å². The van der Waals surface area contributed by atoms with Crippen molar-refractivity contribution >= 4 is 11.7 Å². The number of rotatable bonds is 9. The van der Waals surface area contributed by atoms with Gasteiger partial charge in [0.1, 0.15) is 5.82 Å². The summed E-state index contributed by atoms with van der Waals surface area (Å²) in [6.45, 7) is 8.93. The number of aliphatic hydroxyl groups is 1. The van der Waals surface area contributed by atoms with Crippen LogP contribution in [0.1, 0.15) is 57.3 Å². The van der Waals surface area contributed by atoms with Crippen molar-refractivity contribution < 1.29 is 9.90 Å². The van der Waals surface area contributed by atoms with Gasteiger partial charge in [-0.15, -0.1) is 0 Å². The smallest absolute Gasteiger partial charge is 0.255 e. The third kappa shape index (κ3) is 4.98. The molecule has 0 aromatic carbocycles. The standard InChI is InChI=1S/C17H29N3O2/c1-5-17(6-2,9-11-21)12-19-16(22)14-8-7-10-18-15(14)20-13(3)4/h7-8,10,13,21H,5-6,9,11-12H2,1-4H3,(H,18,20)(H,19,22). The first kappa shape index (κ1) is 18.4. The maximum absolute atomic E-state index is 12.5. The van der Waals surface area contributed by atoms with Crippen molar-refractivity contribution in [2.24, 2.45) is 5.41 Å². The highest BCUT2D eigenvalue weighted by Crippen LogP contribution is 2.29. The number of nitrogens with one attached hydrogen (secondary N) is 2. The van der Waals surface area contributed by atoms with E-state index in [1.54, 1.807) is 18.3 Å². The predicted octanol–water partition coefficient (Wildman–Crippen LogP) is 2.82. The Morgan fingerprint density at radius 2 is 2.05 bits per heavy atom. The molecule has 0 unspecified atom stereocenters. The van der Waals surface area contributed by atoms with Crippen LogP contribution in [0.15, 0.2) is 18.3 Å². The van der Waals surface area contributed by atoms with Crippen LogP contribution in [0.5, 0.6) is 0 Å². The Labute approximate surface area is 133 Å². The summed E-state index contributed by atoms with van der Waals surface area (Å²) in [5.41, 5.74) is 0.513. The van der Waals surface area contributed by atoms with Gasteiger partial charge in [0.15, 0.2) is 0 Å². The minimum absolute atomic E-state index is 0.0434. The molecule has 1 rings (SSSR count). The van der Waals surface area contributed by atoms with Gasteiger partial charge in [0.05, 0.1) is 5.56 Å². The Hall–Kier alpha value is -1.62. The van der Waals surface area contributed by atoms with Gasteiger partial charge in [0.2, 0.25) is 0 Å². The number of amides is 1. The Morgan fingerprint density at radius 1 is 1.36 bits per heavy atom. The summed E-state index contributed by atoms with van der Waals surface area (Å²) < 4.78 is 0. The lowest BCUT2D eigenvalue weighted by Gasteiger charge is -2.31.